The normalized spacial score (nSPS) is 12.9. The summed E-state index contributed by atoms with van der Waals surface area (Å²) < 4.78 is 38.2. The summed E-state index contributed by atoms with van der Waals surface area (Å²) in [4.78, 5) is 15.9. The van der Waals surface area contributed by atoms with Gasteiger partial charge in [0.2, 0.25) is 5.91 Å². The number of hydrogen-bond donors (Lipinski definition) is 2. The number of carbonyl (C=O) groups is 1. The van der Waals surface area contributed by atoms with Gasteiger partial charge in [-0.3, -0.25) is 4.79 Å². The first-order chi connectivity index (χ1) is 10.7. The number of carbonyl (C=O) groups excluding carboxylic acids is 1. The highest BCUT2D eigenvalue weighted by atomic mass is 32.1. The van der Waals surface area contributed by atoms with Crippen LogP contribution < -0.4 is 5.32 Å². The predicted molar refractivity (Wildman–Crippen MR) is 85.9 cm³/mol. The lowest BCUT2D eigenvalue weighted by molar-refractivity contribution is -0.137. The summed E-state index contributed by atoms with van der Waals surface area (Å²) >= 11 is 6.36. The molecule has 0 aliphatic heterocycles. The molecule has 2 rings (SSSR count). The van der Waals surface area contributed by atoms with Crippen molar-refractivity contribution in [3.05, 3.63) is 49.9 Å². The van der Waals surface area contributed by atoms with Crippen molar-refractivity contribution >= 4 is 29.5 Å². The average Bonchev–Trinajstić information content (AvgIpc) is 2.75. The van der Waals surface area contributed by atoms with Crippen LogP contribution in [0.5, 0.6) is 0 Å². The number of H-pyrrole nitrogens is 1. The van der Waals surface area contributed by atoms with Crippen molar-refractivity contribution in [2.45, 2.75) is 32.5 Å². The smallest absolute Gasteiger partial charge is 0.349 e. The van der Waals surface area contributed by atoms with E-state index in [1.807, 2.05) is 6.92 Å². The maximum absolute atomic E-state index is 12.5. The number of aryl methyl sites for hydroxylation is 1. The molecule has 2 aromatic rings. The molecule has 1 aromatic heterocycles. The molecule has 0 saturated heterocycles. The lowest BCUT2D eigenvalue weighted by Crippen LogP contribution is -2.28. The molecule has 124 valence electrons. The number of aromatic nitrogens is 1. The van der Waals surface area contributed by atoms with E-state index in [2.05, 4.69) is 10.3 Å². The van der Waals surface area contributed by atoms with Gasteiger partial charge in [-0.15, -0.1) is 11.3 Å². The molecule has 0 spiro atoms. The second kappa shape index (κ2) is 6.84. The van der Waals surface area contributed by atoms with Gasteiger partial charge in [0.1, 0.15) is 0 Å². The minimum absolute atomic E-state index is 0.189. The number of benzene rings is 1. The minimum atomic E-state index is -4.36. The van der Waals surface area contributed by atoms with E-state index in [-0.39, 0.29) is 18.4 Å². The van der Waals surface area contributed by atoms with Gasteiger partial charge in [-0.05, 0) is 43.8 Å². The van der Waals surface area contributed by atoms with Crippen LogP contribution in [-0.2, 0) is 17.4 Å². The van der Waals surface area contributed by atoms with Gasteiger partial charge >= 0.3 is 6.18 Å². The number of thiazole rings is 1. The molecule has 0 aliphatic carbocycles. The fourth-order valence-corrected chi connectivity index (χ4v) is 3.38. The van der Waals surface area contributed by atoms with Gasteiger partial charge in [-0.1, -0.05) is 12.1 Å². The van der Waals surface area contributed by atoms with Gasteiger partial charge in [0.25, 0.3) is 0 Å². The molecule has 1 heterocycles. The molecule has 23 heavy (non-hydrogen) atoms. The Morgan fingerprint density at radius 2 is 1.96 bits per heavy atom. The summed E-state index contributed by atoms with van der Waals surface area (Å²) in [6.07, 6.45) is -4.17. The summed E-state index contributed by atoms with van der Waals surface area (Å²) in [7, 11) is 0. The Hall–Kier alpha value is -1.67. The van der Waals surface area contributed by atoms with Crippen molar-refractivity contribution in [2.75, 3.05) is 0 Å². The summed E-state index contributed by atoms with van der Waals surface area (Å²) in [5, 5.41) is 2.78. The highest BCUT2D eigenvalue weighted by molar-refractivity contribution is 7.73. The van der Waals surface area contributed by atoms with Gasteiger partial charge in [-0.2, -0.15) is 13.2 Å². The molecule has 1 amide bonds. The van der Waals surface area contributed by atoms with Crippen LogP contribution >= 0.6 is 23.6 Å². The van der Waals surface area contributed by atoms with Crippen LogP contribution in [0.25, 0.3) is 0 Å². The van der Waals surface area contributed by atoms with E-state index < -0.39 is 11.7 Å². The van der Waals surface area contributed by atoms with Crippen LogP contribution in [0.1, 0.15) is 34.7 Å². The molecule has 8 heteroatoms. The van der Waals surface area contributed by atoms with E-state index in [4.69, 9.17) is 12.2 Å². The average molecular weight is 360 g/mol. The molecule has 2 N–H and O–H groups in total. The van der Waals surface area contributed by atoms with Crippen LogP contribution in [0, 0.1) is 10.9 Å². The molecule has 1 aromatic carbocycles. The van der Waals surface area contributed by atoms with E-state index in [0.717, 1.165) is 22.7 Å². The van der Waals surface area contributed by atoms with Gasteiger partial charge in [-0.25, -0.2) is 0 Å². The Morgan fingerprint density at radius 3 is 2.43 bits per heavy atom. The van der Waals surface area contributed by atoms with E-state index in [1.165, 1.54) is 23.5 Å². The zero-order valence-corrected chi connectivity index (χ0v) is 14.1. The number of halogens is 3. The van der Waals surface area contributed by atoms with Gasteiger partial charge in [0.05, 0.1) is 18.0 Å². The Bertz CT molecular complexity index is 747. The monoisotopic (exact) mass is 360 g/mol. The molecule has 3 nitrogen and oxygen atoms in total. The van der Waals surface area contributed by atoms with Crippen molar-refractivity contribution in [3.63, 3.8) is 0 Å². The highest BCUT2D eigenvalue weighted by Gasteiger charge is 2.30. The summed E-state index contributed by atoms with van der Waals surface area (Å²) in [5.74, 6) is -0.203. The van der Waals surface area contributed by atoms with Crippen molar-refractivity contribution in [2.24, 2.45) is 0 Å². The van der Waals surface area contributed by atoms with Gasteiger partial charge < -0.3 is 10.3 Å². The molecule has 0 radical (unpaired) electrons. The summed E-state index contributed by atoms with van der Waals surface area (Å²) in [5.41, 5.74) is 0.768. The minimum Gasteiger partial charge on any atom is -0.349 e. The largest absolute Gasteiger partial charge is 0.416 e. The number of rotatable bonds is 4. The lowest BCUT2D eigenvalue weighted by Gasteiger charge is -2.15. The van der Waals surface area contributed by atoms with E-state index in [1.54, 1.807) is 6.92 Å². The molecule has 1 atom stereocenters. The Labute approximate surface area is 140 Å². The third-order valence-electron chi connectivity index (χ3n) is 3.36. The topological polar surface area (TPSA) is 44.9 Å². The molecule has 0 aliphatic rings. The zero-order valence-electron chi connectivity index (χ0n) is 12.5. The third kappa shape index (κ3) is 4.65. The number of nitrogens with one attached hydrogen (secondary N) is 2. The standard InChI is InChI=1S/C15H15F3N2OS2/c1-8(10-3-5-11(6-4-10)15(16,17)18)19-13(21)7-12-9(2)20-14(22)23-12/h3-6,8H,7H2,1-2H3,(H,19,21)(H,20,22)/t8-/m1/s1. The summed E-state index contributed by atoms with van der Waals surface area (Å²) in [6.45, 7) is 3.57. The van der Waals surface area contributed by atoms with Crippen LogP contribution in [-0.4, -0.2) is 10.9 Å². The fourth-order valence-electron chi connectivity index (χ4n) is 2.09. The van der Waals surface area contributed by atoms with E-state index in [0.29, 0.717) is 9.52 Å². The maximum Gasteiger partial charge on any atom is 0.416 e. The lowest BCUT2D eigenvalue weighted by atomic mass is 10.1. The maximum atomic E-state index is 12.5. The quantitative estimate of drug-likeness (QED) is 0.786. The number of alkyl halides is 3. The Morgan fingerprint density at radius 1 is 1.35 bits per heavy atom. The van der Waals surface area contributed by atoms with Crippen LogP contribution in [0.3, 0.4) is 0 Å². The van der Waals surface area contributed by atoms with Crippen molar-refractivity contribution in [1.82, 2.24) is 10.3 Å². The molecule has 0 saturated carbocycles. The zero-order chi connectivity index (χ0) is 17.2. The van der Waals surface area contributed by atoms with Crippen LogP contribution in [0.4, 0.5) is 13.2 Å². The Kier molecular flexibility index (Phi) is 5.26. The summed E-state index contributed by atoms with van der Waals surface area (Å²) in [6, 6.07) is 4.40. The first kappa shape index (κ1) is 17.7. The Balaban J connectivity index is 2.01. The fraction of sp³-hybridized carbons (Fsp3) is 0.333. The van der Waals surface area contributed by atoms with Crippen molar-refractivity contribution in [1.29, 1.82) is 0 Å². The van der Waals surface area contributed by atoms with Crippen LogP contribution in [0.2, 0.25) is 0 Å². The first-order valence-corrected chi connectivity index (χ1v) is 8.04. The number of amides is 1. The van der Waals surface area contributed by atoms with Crippen molar-refractivity contribution in [3.8, 4) is 0 Å². The predicted octanol–water partition coefficient (Wildman–Crippen LogP) is 4.55. The van der Waals surface area contributed by atoms with Gasteiger partial charge in [0.15, 0.2) is 3.95 Å². The second-order valence-corrected chi connectivity index (χ2v) is 6.92. The van der Waals surface area contributed by atoms with Gasteiger partial charge in [0, 0.05) is 10.6 Å². The van der Waals surface area contributed by atoms with Crippen molar-refractivity contribution < 1.29 is 18.0 Å². The highest BCUT2D eigenvalue weighted by Crippen LogP contribution is 2.29. The number of hydrogen-bond acceptors (Lipinski definition) is 3. The second-order valence-electron chi connectivity index (χ2n) is 5.15. The number of aromatic amines is 1. The third-order valence-corrected chi connectivity index (χ3v) is 4.70. The molecule has 0 bridgehead atoms. The molecular weight excluding hydrogens is 345 g/mol. The first-order valence-electron chi connectivity index (χ1n) is 6.82. The SMILES string of the molecule is Cc1[nH]c(=S)sc1CC(=O)N[C@H](C)c1ccc(C(F)(F)F)cc1. The van der Waals surface area contributed by atoms with E-state index in [9.17, 15) is 18.0 Å². The molecule has 0 unspecified atom stereocenters. The molecular formula is C15H15F3N2OS2. The van der Waals surface area contributed by atoms with Crippen LogP contribution in [0.15, 0.2) is 24.3 Å². The molecule has 0 fully saturated rings. The van der Waals surface area contributed by atoms with E-state index >= 15 is 0 Å².